The van der Waals surface area contributed by atoms with Gasteiger partial charge in [-0.15, -0.1) is 0 Å². The molecular weight excluding hydrogens is 366 g/mol. The number of nitrogens with zero attached hydrogens (tertiary/aromatic N) is 1. The van der Waals surface area contributed by atoms with Crippen molar-refractivity contribution in [3.05, 3.63) is 84.1 Å². The van der Waals surface area contributed by atoms with E-state index in [9.17, 15) is 18.4 Å². The maximum Gasteiger partial charge on any atom is 0.251 e. The standard InChI is InChI=1S/C20H16F2N4O2/c21-14-8-13(9-15(22)10-14)20(28)24-12-19(27)26-17-6-7-18(23-11-17)25-16-4-2-1-3-5-16/h1-11H,12H2,(H,23,25)(H,24,28)(H,26,27). The monoisotopic (exact) mass is 382 g/mol. The Bertz CT molecular complexity index is 959. The zero-order valence-corrected chi connectivity index (χ0v) is 14.6. The van der Waals surface area contributed by atoms with Crippen LogP contribution in [0.3, 0.4) is 0 Å². The van der Waals surface area contributed by atoms with Gasteiger partial charge in [-0.3, -0.25) is 9.59 Å². The number of carbonyl (C=O) groups excluding carboxylic acids is 2. The first-order chi connectivity index (χ1) is 13.5. The van der Waals surface area contributed by atoms with Crippen molar-refractivity contribution in [2.75, 3.05) is 17.2 Å². The Morgan fingerprint density at radius 3 is 2.25 bits per heavy atom. The Balaban J connectivity index is 1.51. The Morgan fingerprint density at radius 2 is 1.61 bits per heavy atom. The number of halogens is 2. The molecule has 0 aliphatic carbocycles. The molecule has 0 radical (unpaired) electrons. The number of amides is 2. The van der Waals surface area contributed by atoms with Crippen molar-refractivity contribution in [2.24, 2.45) is 0 Å². The Kier molecular flexibility index (Phi) is 5.91. The Hall–Kier alpha value is -3.81. The molecule has 1 heterocycles. The molecule has 0 atom stereocenters. The average molecular weight is 382 g/mol. The van der Waals surface area contributed by atoms with Gasteiger partial charge in [-0.2, -0.15) is 0 Å². The van der Waals surface area contributed by atoms with Crippen molar-refractivity contribution in [3.63, 3.8) is 0 Å². The lowest BCUT2D eigenvalue weighted by atomic mass is 10.2. The number of anilines is 3. The van der Waals surface area contributed by atoms with E-state index in [0.717, 1.165) is 17.8 Å². The van der Waals surface area contributed by atoms with Gasteiger partial charge < -0.3 is 16.0 Å². The van der Waals surface area contributed by atoms with Gasteiger partial charge in [0.1, 0.15) is 17.5 Å². The molecule has 0 fully saturated rings. The fraction of sp³-hybridized carbons (Fsp3) is 0.0500. The highest BCUT2D eigenvalue weighted by atomic mass is 19.1. The van der Waals surface area contributed by atoms with Crippen LogP contribution >= 0.6 is 0 Å². The summed E-state index contributed by atoms with van der Waals surface area (Å²) in [6, 6.07) is 15.3. The highest BCUT2D eigenvalue weighted by molar-refractivity contribution is 5.99. The summed E-state index contributed by atoms with van der Waals surface area (Å²) in [6.45, 7) is -0.360. The average Bonchev–Trinajstić information content (AvgIpc) is 2.68. The molecule has 142 valence electrons. The topological polar surface area (TPSA) is 83.1 Å². The number of aromatic nitrogens is 1. The quantitative estimate of drug-likeness (QED) is 0.610. The van der Waals surface area contributed by atoms with Crippen molar-refractivity contribution in [1.82, 2.24) is 10.3 Å². The molecule has 0 bridgehead atoms. The van der Waals surface area contributed by atoms with Gasteiger partial charge in [0, 0.05) is 17.3 Å². The lowest BCUT2D eigenvalue weighted by Crippen LogP contribution is -2.33. The van der Waals surface area contributed by atoms with Crippen molar-refractivity contribution in [3.8, 4) is 0 Å². The Labute approximate surface area is 159 Å². The number of benzene rings is 2. The number of nitrogens with one attached hydrogen (secondary N) is 3. The minimum Gasteiger partial charge on any atom is -0.343 e. The van der Waals surface area contributed by atoms with Gasteiger partial charge in [-0.25, -0.2) is 13.8 Å². The minimum absolute atomic E-state index is 0.205. The number of rotatable bonds is 6. The van der Waals surface area contributed by atoms with Gasteiger partial charge in [0.2, 0.25) is 5.91 Å². The summed E-state index contributed by atoms with van der Waals surface area (Å²) in [7, 11) is 0. The molecule has 3 N–H and O–H groups in total. The summed E-state index contributed by atoms with van der Waals surface area (Å²) < 4.78 is 26.3. The first-order valence-electron chi connectivity index (χ1n) is 8.32. The molecule has 0 aliphatic rings. The summed E-state index contributed by atoms with van der Waals surface area (Å²) in [4.78, 5) is 28.0. The number of hydrogen-bond acceptors (Lipinski definition) is 4. The van der Waals surface area contributed by atoms with E-state index in [4.69, 9.17) is 0 Å². The number of hydrogen-bond donors (Lipinski definition) is 3. The van der Waals surface area contributed by atoms with Crippen LogP contribution in [-0.4, -0.2) is 23.3 Å². The highest BCUT2D eigenvalue weighted by Gasteiger charge is 2.11. The molecule has 3 aromatic rings. The SMILES string of the molecule is O=C(CNC(=O)c1cc(F)cc(F)c1)Nc1ccc(Nc2ccccc2)nc1. The van der Waals surface area contributed by atoms with Crippen LogP contribution in [0.2, 0.25) is 0 Å². The molecule has 0 spiro atoms. The van der Waals surface area contributed by atoms with Crippen molar-refractivity contribution in [2.45, 2.75) is 0 Å². The van der Waals surface area contributed by atoms with Gasteiger partial charge >= 0.3 is 0 Å². The van der Waals surface area contributed by atoms with Crippen molar-refractivity contribution >= 4 is 29.0 Å². The van der Waals surface area contributed by atoms with Crippen LogP contribution in [0.15, 0.2) is 66.9 Å². The van der Waals surface area contributed by atoms with Gasteiger partial charge in [0.05, 0.1) is 18.4 Å². The maximum absolute atomic E-state index is 13.1. The highest BCUT2D eigenvalue weighted by Crippen LogP contribution is 2.15. The van der Waals surface area contributed by atoms with Crippen LogP contribution < -0.4 is 16.0 Å². The van der Waals surface area contributed by atoms with Crippen molar-refractivity contribution < 1.29 is 18.4 Å². The minimum atomic E-state index is -0.870. The summed E-state index contributed by atoms with van der Waals surface area (Å²) in [6.07, 6.45) is 1.47. The first-order valence-corrected chi connectivity index (χ1v) is 8.32. The van der Waals surface area contributed by atoms with Crippen LogP contribution in [0, 0.1) is 11.6 Å². The number of carbonyl (C=O) groups is 2. The molecule has 8 heteroatoms. The lowest BCUT2D eigenvalue weighted by molar-refractivity contribution is -0.115. The number of pyridine rings is 1. The van der Waals surface area contributed by atoms with Gasteiger partial charge in [0.25, 0.3) is 5.91 Å². The molecule has 1 aromatic heterocycles. The van der Waals surface area contributed by atoms with Gasteiger partial charge in [-0.1, -0.05) is 18.2 Å². The van der Waals surface area contributed by atoms with E-state index >= 15 is 0 Å². The Morgan fingerprint density at radius 1 is 0.893 bits per heavy atom. The third kappa shape index (κ3) is 5.34. The van der Waals surface area contributed by atoms with E-state index in [2.05, 4.69) is 20.9 Å². The fourth-order valence-corrected chi connectivity index (χ4v) is 2.36. The molecule has 0 aliphatic heterocycles. The van der Waals surface area contributed by atoms with Crippen LogP contribution in [-0.2, 0) is 4.79 Å². The molecule has 2 amide bonds. The van der Waals surface area contributed by atoms with Crippen LogP contribution in [0.5, 0.6) is 0 Å². The second kappa shape index (κ2) is 8.72. The zero-order chi connectivity index (χ0) is 19.9. The molecule has 0 saturated heterocycles. The van der Waals surface area contributed by atoms with E-state index in [0.29, 0.717) is 17.6 Å². The summed E-state index contributed by atoms with van der Waals surface area (Å²) in [5, 5.41) is 7.98. The van der Waals surface area contributed by atoms with Gasteiger partial charge in [-0.05, 0) is 36.4 Å². The fourth-order valence-electron chi connectivity index (χ4n) is 2.36. The van der Waals surface area contributed by atoms with Crippen LogP contribution in [0.1, 0.15) is 10.4 Å². The summed E-state index contributed by atoms with van der Waals surface area (Å²) in [5.74, 6) is -2.40. The second-order valence-electron chi connectivity index (χ2n) is 5.81. The largest absolute Gasteiger partial charge is 0.343 e. The van der Waals surface area contributed by atoms with E-state index < -0.39 is 23.4 Å². The number of para-hydroxylation sites is 1. The molecule has 2 aromatic carbocycles. The second-order valence-corrected chi connectivity index (χ2v) is 5.81. The molecule has 0 unspecified atom stereocenters. The lowest BCUT2D eigenvalue weighted by Gasteiger charge is -2.09. The molecule has 3 rings (SSSR count). The molecule has 0 saturated carbocycles. The van der Waals surface area contributed by atoms with Crippen LogP contribution in [0.4, 0.5) is 26.0 Å². The third-order valence-corrected chi connectivity index (χ3v) is 3.63. The van der Waals surface area contributed by atoms with E-state index in [-0.39, 0.29) is 12.1 Å². The zero-order valence-electron chi connectivity index (χ0n) is 14.6. The first kappa shape index (κ1) is 19.0. The van der Waals surface area contributed by atoms with E-state index in [1.807, 2.05) is 30.3 Å². The summed E-state index contributed by atoms with van der Waals surface area (Å²) in [5.41, 5.74) is 1.11. The summed E-state index contributed by atoms with van der Waals surface area (Å²) >= 11 is 0. The smallest absolute Gasteiger partial charge is 0.251 e. The third-order valence-electron chi connectivity index (χ3n) is 3.63. The molecular formula is C20H16F2N4O2. The maximum atomic E-state index is 13.1. The van der Waals surface area contributed by atoms with Gasteiger partial charge in [0.15, 0.2) is 0 Å². The predicted octanol–water partition coefficient (Wildman–Crippen LogP) is 3.47. The predicted molar refractivity (Wildman–Crippen MR) is 101 cm³/mol. The normalized spacial score (nSPS) is 10.2. The van der Waals surface area contributed by atoms with Crippen molar-refractivity contribution in [1.29, 1.82) is 0 Å². The van der Waals surface area contributed by atoms with E-state index in [1.165, 1.54) is 6.20 Å². The molecule has 6 nitrogen and oxygen atoms in total. The molecule has 28 heavy (non-hydrogen) atoms. The van der Waals surface area contributed by atoms with E-state index in [1.54, 1.807) is 12.1 Å². The van der Waals surface area contributed by atoms with Crippen LogP contribution in [0.25, 0.3) is 0 Å².